The van der Waals surface area contributed by atoms with Gasteiger partial charge in [-0.2, -0.15) is 0 Å². The summed E-state index contributed by atoms with van der Waals surface area (Å²) in [5.74, 6) is 0.657. The van der Waals surface area contributed by atoms with Gasteiger partial charge in [0.25, 0.3) is 0 Å². The van der Waals surface area contributed by atoms with Crippen molar-refractivity contribution < 1.29 is 5.11 Å². The first-order valence-electron chi connectivity index (χ1n) is 6.27. The standard InChI is InChI=1S/C15H20O/c1-14(2)9-15(14,10-16)13-7-11-5-3-4-6-12(11)8-13/h3-6,13,16H,7-10H2,1-2H3. The van der Waals surface area contributed by atoms with Gasteiger partial charge in [0.05, 0.1) is 0 Å². The van der Waals surface area contributed by atoms with E-state index in [1.807, 2.05) is 0 Å². The molecular weight excluding hydrogens is 196 g/mol. The first-order valence-corrected chi connectivity index (χ1v) is 6.27. The number of fused-ring (bicyclic) bond motifs is 1. The maximum absolute atomic E-state index is 9.73. The van der Waals surface area contributed by atoms with Crippen LogP contribution >= 0.6 is 0 Å². The lowest BCUT2D eigenvalue weighted by Crippen LogP contribution is -2.25. The average molecular weight is 216 g/mol. The van der Waals surface area contributed by atoms with Crippen LogP contribution in [0.4, 0.5) is 0 Å². The summed E-state index contributed by atoms with van der Waals surface area (Å²) in [7, 11) is 0. The zero-order chi connectivity index (χ0) is 11.4. The van der Waals surface area contributed by atoms with Crippen molar-refractivity contribution in [3.63, 3.8) is 0 Å². The van der Waals surface area contributed by atoms with Crippen LogP contribution in [0.1, 0.15) is 31.4 Å². The van der Waals surface area contributed by atoms with E-state index in [1.165, 1.54) is 30.4 Å². The van der Waals surface area contributed by atoms with Crippen LogP contribution in [-0.4, -0.2) is 11.7 Å². The lowest BCUT2D eigenvalue weighted by atomic mass is 9.81. The predicted molar refractivity (Wildman–Crippen MR) is 65.3 cm³/mol. The fraction of sp³-hybridized carbons (Fsp3) is 0.600. The molecule has 2 aliphatic carbocycles. The van der Waals surface area contributed by atoms with Crippen LogP contribution in [0, 0.1) is 16.7 Å². The van der Waals surface area contributed by atoms with Crippen LogP contribution in [0.3, 0.4) is 0 Å². The van der Waals surface area contributed by atoms with Gasteiger partial charge in [-0.1, -0.05) is 38.1 Å². The van der Waals surface area contributed by atoms with Crippen molar-refractivity contribution in [1.29, 1.82) is 0 Å². The number of benzene rings is 1. The van der Waals surface area contributed by atoms with E-state index in [0.29, 0.717) is 17.9 Å². The first-order chi connectivity index (χ1) is 7.59. The second kappa shape index (κ2) is 3.10. The summed E-state index contributed by atoms with van der Waals surface area (Å²) in [6, 6.07) is 8.75. The van der Waals surface area contributed by atoms with Gasteiger partial charge >= 0.3 is 0 Å². The zero-order valence-corrected chi connectivity index (χ0v) is 10.2. The molecule has 0 aromatic heterocycles. The van der Waals surface area contributed by atoms with E-state index < -0.39 is 0 Å². The van der Waals surface area contributed by atoms with E-state index >= 15 is 0 Å². The van der Waals surface area contributed by atoms with Crippen LogP contribution in [0.2, 0.25) is 0 Å². The molecule has 0 heterocycles. The molecule has 0 saturated heterocycles. The van der Waals surface area contributed by atoms with Gasteiger partial charge in [0.1, 0.15) is 0 Å². The van der Waals surface area contributed by atoms with Gasteiger partial charge in [0, 0.05) is 12.0 Å². The normalized spacial score (nSPS) is 31.4. The summed E-state index contributed by atoms with van der Waals surface area (Å²) < 4.78 is 0. The van der Waals surface area contributed by atoms with E-state index in [4.69, 9.17) is 0 Å². The Labute approximate surface area is 97.5 Å². The average Bonchev–Trinajstić information content (AvgIpc) is 2.67. The maximum atomic E-state index is 9.73. The second-order valence-electron chi connectivity index (χ2n) is 6.25. The van der Waals surface area contributed by atoms with Gasteiger partial charge in [0.15, 0.2) is 0 Å². The van der Waals surface area contributed by atoms with Gasteiger partial charge in [-0.3, -0.25) is 0 Å². The molecule has 16 heavy (non-hydrogen) atoms. The van der Waals surface area contributed by atoms with Crippen molar-refractivity contribution in [2.75, 3.05) is 6.61 Å². The summed E-state index contributed by atoms with van der Waals surface area (Å²) >= 11 is 0. The third kappa shape index (κ3) is 1.21. The summed E-state index contributed by atoms with van der Waals surface area (Å²) in [6.07, 6.45) is 3.52. The molecule has 1 saturated carbocycles. The number of aliphatic hydroxyl groups excluding tert-OH is 1. The Morgan fingerprint density at radius 1 is 1.19 bits per heavy atom. The van der Waals surface area contributed by atoms with Crippen molar-refractivity contribution in [2.45, 2.75) is 33.1 Å². The molecule has 2 aliphatic rings. The maximum Gasteiger partial charge on any atom is 0.0495 e. The molecule has 1 heteroatoms. The third-order valence-corrected chi connectivity index (χ3v) is 5.09. The third-order valence-electron chi connectivity index (χ3n) is 5.09. The lowest BCUT2D eigenvalue weighted by molar-refractivity contribution is 0.125. The minimum absolute atomic E-state index is 0.200. The first kappa shape index (κ1) is 10.3. The molecule has 1 fully saturated rings. The molecular formula is C15H20O. The lowest BCUT2D eigenvalue weighted by Gasteiger charge is -2.25. The molecule has 0 bridgehead atoms. The van der Waals surface area contributed by atoms with Gasteiger partial charge in [-0.05, 0) is 41.7 Å². The number of rotatable bonds is 2. The molecule has 1 unspecified atom stereocenters. The van der Waals surface area contributed by atoms with Crippen molar-refractivity contribution in [3.8, 4) is 0 Å². The highest BCUT2D eigenvalue weighted by Gasteiger charge is 2.64. The topological polar surface area (TPSA) is 20.2 Å². The molecule has 86 valence electrons. The Morgan fingerprint density at radius 2 is 1.69 bits per heavy atom. The van der Waals surface area contributed by atoms with Crippen molar-refractivity contribution in [3.05, 3.63) is 35.4 Å². The highest BCUT2D eigenvalue weighted by atomic mass is 16.3. The predicted octanol–water partition coefficient (Wildman–Crippen LogP) is 2.81. The van der Waals surface area contributed by atoms with E-state index in [-0.39, 0.29) is 5.41 Å². The number of hydrogen-bond donors (Lipinski definition) is 1. The Bertz CT molecular complexity index is 396. The van der Waals surface area contributed by atoms with Crippen LogP contribution in [0.5, 0.6) is 0 Å². The molecule has 1 nitrogen and oxygen atoms in total. The Hall–Kier alpha value is -0.820. The van der Waals surface area contributed by atoms with Gasteiger partial charge in [-0.25, -0.2) is 0 Å². The Morgan fingerprint density at radius 3 is 2.06 bits per heavy atom. The second-order valence-corrected chi connectivity index (χ2v) is 6.25. The highest BCUT2D eigenvalue weighted by molar-refractivity contribution is 5.34. The SMILES string of the molecule is CC1(C)CC1(CO)C1Cc2ccccc2C1. The van der Waals surface area contributed by atoms with Crippen molar-refractivity contribution in [1.82, 2.24) is 0 Å². The quantitative estimate of drug-likeness (QED) is 0.806. The molecule has 1 atom stereocenters. The minimum atomic E-state index is 0.200. The molecule has 3 rings (SSSR count). The smallest absolute Gasteiger partial charge is 0.0495 e. The monoisotopic (exact) mass is 216 g/mol. The van der Waals surface area contributed by atoms with Crippen molar-refractivity contribution in [2.24, 2.45) is 16.7 Å². The molecule has 0 amide bonds. The van der Waals surface area contributed by atoms with Crippen molar-refractivity contribution >= 4 is 0 Å². The van der Waals surface area contributed by atoms with Crippen LogP contribution in [-0.2, 0) is 12.8 Å². The van der Waals surface area contributed by atoms with E-state index in [0.717, 1.165) is 0 Å². The summed E-state index contributed by atoms with van der Waals surface area (Å²) in [5.41, 5.74) is 3.55. The van der Waals surface area contributed by atoms with Gasteiger partial charge < -0.3 is 5.11 Å². The molecule has 1 aromatic carbocycles. The zero-order valence-electron chi connectivity index (χ0n) is 10.2. The molecule has 0 radical (unpaired) electrons. The van der Waals surface area contributed by atoms with E-state index in [2.05, 4.69) is 38.1 Å². The molecule has 0 spiro atoms. The van der Waals surface area contributed by atoms with Crippen LogP contribution in [0.25, 0.3) is 0 Å². The summed E-state index contributed by atoms with van der Waals surface area (Å²) in [4.78, 5) is 0. The number of aliphatic hydroxyl groups is 1. The largest absolute Gasteiger partial charge is 0.396 e. The Kier molecular flexibility index (Phi) is 2.00. The van der Waals surface area contributed by atoms with E-state index in [9.17, 15) is 5.11 Å². The minimum Gasteiger partial charge on any atom is -0.396 e. The molecule has 1 aromatic rings. The number of hydrogen-bond acceptors (Lipinski definition) is 1. The van der Waals surface area contributed by atoms with Gasteiger partial charge in [-0.15, -0.1) is 0 Å². The van der Waals surface area contributed by atoms with Gasteiger partial charge in [0.2, 0.25) is 0 Å². The summed E-state index contributed by atoms with van der Waals surface area (Å²) in [5, 5.41) is 9.73. The highest BCUT2D eigenvalue weighted by Crippen LogP contribution is 2.68. The van der Waals surface area contributed by atoms with E-state index in [1.54, 1.807) is 0 Å². The Balaban J connectivity index is 1.87. The fourth-order valence-corrected chi connectivity index (χ4v) is 3.79. The van der Waals surface area contributed by atoms with Crippen LogP contribution in [0.15, 0.2) is 24.3 Å². The summed E-state index contributed by atoms with van der Waals surface area (Å²) in [6.45, 7) is 4.96. The molecule has 1 N–H and O–H groups in total. The fourth-order valence-electron chi connectivity index (χ4n) is 3.79. The van der Waals surface area contributed by atoms with Crippen LogP contribution < -0.4 is 0 Å². The molecule has 0 aliphatic heterocycles.